The maximum Gasteiger partial charge on any atom is 0.309 e. The zero-order valence-corrected chi connectivity index (χ0v) is 11.4. The zero-order chi connectivity index (χ0) is 12.3. The van der Waals surface area contributed by atoms with E-state index in [1.807, 2.05) is 31.2 Å². The van der Waals surface area contributed by atoms with E-state index in [4.69, 9.17) is 4.74 Å². The van der Waals surface area contributed by atoms with E-state index in [-0.39, 0.29) is 11.9 Å². The molecule has 0 saturated carbocycles. The van der Waals surface area contributed by atoms with Gasteiger partial charge < -0.3 is 10.1 Å². The number of benzene rings is 1. The topological polar surface area (TPSA) is 38.3 Å². The molecule has 0 amide bonds. The molecule has 1 N–H and O–H groups in total. The Morgan fingerprint density at radius 1 is 1.47 bits per heavy atom. The van der Waals surface area contributed by atoms with Crippen molar-refractivity contribution in [3.05, 3.63) is 34.3 Å². The van der Waals surface area contributed by atoms with Gasteiger partial charge in [0.1, 0.15) is 6.61 Å². The van der Waals surface area contributed by atoms with Crippen LogP contribution in [0.3, 0.4) is 0 Å². The van der Waals surface area contributed by atoms with E-state index in [2.05, 4.69) is 21.2 Å². The zero-order valence-electron chi connectivity index (χ0n) is 9.78. The van der Waals surface area contributed by atoms with Crippen molar-refractivity contribution in [1.82, 2.24) is 5.32 Å². The molecule has 1 heterocycles. The molecule has 1 aliphatic rings. The van der Waals surface area contributed by atoms with Crippen LogP contribution in [0.15, 0.2) is 28.7 Å². The second-order valence-corrected chi connectivity index (χ2v) is 5.36. The van der Waals surface area contributed by atoms with E-state index in [0.717, 1.165) is 23.1 Å². The maximum atomic E-state index is 11.8. The number of hydrogen-bond donors (Lipinski definition) is 1. The van der Waals surface area contributed by atoms with Gasteiger partial charge in [0.15, 0.2) is 0 Å². The molecule has 1 atom stereocenters. The average Bonchev–Trinajstić information content (AvgIpc) is 2.25. The average molecular weight is 298 g/mol. The number of nitrogens with one attached hydrogen (secondary N) is 1. The highest BCUT2D eigenvalue weighted by atomic mass is 79.9. The fourth-order valence-electron chi connectivity index (χ4n) is 1.72. The molecule has 0 aromatic heterocycles. The summed E-state index contributed by atoms with van der Waals surface area (Å²) in [4.78, 5) is 11.8. The summed E-state index contributed by atoms with van der Waals surface area (Å²) in [5.41, 5.74) is 1.01. The summed E-state index contributed by atoms with van der Waals surface area (Å²) < 4.78 is 6.33. The Kier molecular flexibility index (Phi) is 4.18. The van der Waals surface area contributed by atoms with Gasteiger partial charge in [-0.2, -0.15) is 0 Å². The van der Waals surface area contributed by atoms with Crippen LogP contribution in [0.5, 0.6) is 0 Å². The van der Waals surface area contributed by atoms with E-state index >= 15 is 0 Å². The summed E-state index contributed by atoms with van der Waals surface area (Å²) in [6, 6.07) is 7.80. The summed E-state index contributed by atoms with van der Waals surface area (Å²) in [7, 11) is 0. The molecular weight excluding hydrogens is 282 g/mol. The Hall–Kier alpha value is -0.870. The Labute approximate surface area is 110 Å². The van der Waals surface area contributed by atoms with Gasteiger partial charge in [0.2, 0.25) is 0 Å². The number of carbonyl (C=O) groups excluding carboxylic acids is 1. The van der Waals surface area contributed by atoms with E-state index in [1.165, 1.54) is 0 Å². The second kappa shape index (κ2) is 5.65. The molecule has 0 spiro atoms. The largest absolute Gasteiger partial charge is 0.461 e. The molecule has 1 aliphatic heterocycles. The molecule has 92 valence electrons. The fraction of sp³-hybridized carbons (Fsp3) is 0.462. The number of esters is 1. The van der Waals surface area contributed by atoms with Crippen molar-refractivity contribution in [2.24, 2.45) is 11.8 Å². The quantitative estimate of drug-likeness (QED) is 0.867. The van der Waals surface area contributed by atoms with E-state index in [0.29, 0.717) is 12.5 Å². The summed E-state index contributed by atoms with van der Waals surface area (Å²) in [5.74, 6) is 0.332. The Bertz CT molecular complexity index is 387. The van der Waals surface area contributed by atoms with Gasteiger partial charge >= 0.3 is 5.97 Å². The number of carbonyl (C=O) groups is 1. The first-order valence-corrected chi connectivity index (χ1v) is 6.58. The van der Waals surface area contributed by atoms with Gasteiger partial charge in [-0.1, -0.05) is 35.0 Å². The summed E-state index contributed by atoms with van der Waals surface area (Å²) in [6.07, 6.45) is 0. The van der Waals surface area contributed by atoms with Gasteiger partial charge in [-0.25, -0.2) is 0 Å². The molecular formula is C13H16BrNO2. The molecule has 1 aromatic rings. The number of rotatable bonds is 4. The van der Waals surface area contributed by atoms with Crippen LogP contribution in [-0.2, 0) is 16.1 Å². The molecule has 1 saturated heterocycles. The number of halogens is 1. The lowest BCUT2D eigenvalue weighted by Crippen LogP contribution is -2.47. The van der Waals surface area contributed by atoms with Crippen LogP contribution in [0.25, 0.3) is 0 Å². The van der Waals surface area contributed by atoms with Gasteiger partial charge in [0.25, 0.3) is 0 Å². The summed E-state index contributed by atoms with van der Waals surface area (Å²) in [6.45, 7) is 4.15. The van der Waals surface area contributed by atoms with Gasteiger partial charge in [-0.3, -0.25) is 4.79 Å². The van der Waals surface area contributed by atoms with E-state index in [1.54, 1.807) is 0 Å². The number of hydrogen-bond acceptors (Lipinski definition) is 3. The van der Waals surface area contributed by atoms with Crippen LogP contribution in [0, 0.1) is 11.8 Å². The molecule has 0 bridgehead atoms. The monoisotopic (exact) mass is 297 g/mol. The van der Waals surface area contributed by atoms with Crippen molar-refractivity contribution in [2.45, 2.75) is 13.5 Å². The van der Waals surface area contributed by atoms with Crippen molar-refractivity contribution in [1.29, 1.82) is 0 Å². The molecule has 4 heteroatoms. The van der Waals surface area contributed by atoms with E-state index < -0.39 is 0 Å². The van der Waals surface area contributed by atoms with Crippen LogP contribution in [0.4, 0.5) is 0 Å². The lowest BCUT2D eigenvalue weighted by molar-refractivity contribution is -0.151. The molecule has 1 aromatic carbocycles. The Morgan fingerprint density at radius 3 is 2.65 bits per heavy atom. The first-order chi connectivity index (χ1) is 8.16. The molecule has 1 unspecified atom stereocenters. The van der Waals surface area contributed by atoms with Crippen LogP contribution < -0.4 is 5.32 Å². The molecule has 2 rings (SSSR count). The second-order valence-electron chi connectivity index (χ2n) is 4.44. The van der Waals surface area contributed by atoms with Gasteiger partial charge in [0, 0.05) is 4.47 Å². The SMILES string of the molecule is CC(C(=O)OCc1ccc(Br)cc1)C1CNC1. The first-order valence-electron chi connectivity index (χ1n) is 5.78. The maximum absolute atomic E-state index is 11.8. The minimum atomic E-state index is -0.0978. The van der Waals surface area contributed by atoms with E-state index in [9.17, 15) is 4.79 Å². The van der Waals surface area contributed by atoms with Crippen LogP contribution in [-0.4, -0.2) is 19.1 Å². The predicted octanol–water partition coefficient (Wildman–Crippen LogP) is 2.35. The fourth-order valence-corrected chi connectivity index (χ4v) is 1.99. The smallest absolute Gasteiger partial charge is 0.309 e. The van der Waals surface area contributed by atoms with Crippen LogP contribution in [0.2, 0.25) is 0 Å². The molecule has 3 nitrogen and oxygen atoms in total. The molecule has 0 radical (unpaired) electrons. The van der Waals surface area contributed by atoms with Crippen molar-refractivity contribution >= 4 is 21.9 Å². The lowest BCUT2D eigenvalue weighted by atomic mass is 9.89. The highest BCUT2D eigenvalue weighted by molar-refractivity contribution is 9.10. The third-order valence-electron chi connectivity index (χ3n) is 3.19. The van der Waals surface area contributed by atoms with Gasteiger partial charge in [-0.15, -0.1) is 0 Å². The Morgan fingerprint density at radius 2 is 2.12 bits per heavy atom. The van der Waals surface area contributed by atoms with Crippen LogP contribution >= 0.6 is 15.9 Å². The minimum absolute atomic E-state index is 0.00769. The van der Waals surface area contributed by atoms with Crippen molar-refractivity contribution in [3.8, 4) is 0 Å². The van der Waals surface area contributed by atoms with Gasteiger partial charge in [-0.05, 0) is 36.7 Å². The lowest BCUT2D eigenvalue weighted by Gasteiger charge is -2.31. The third kappa shape index (κ3) is 3.30. The molecule has 1 fully saturated rings. The standard InChI is InChI=1S/C13H16BrNO2/c1-9(11-6-15-7-11)13(16)17-8-10-2-4-12(14)5-3-10/h2-5,9,11,15H,6-8H2,1H3. The summed E-state index contributed by atoms with van der Waals surface area (Å²) >= 11 is 3.37. The molecule has 17 heavy (non-hydrogen) atoms. The van der Waals surface area contributed by atoms with Crippen LogP contribution in [0.1, 0.15) is 12.5 Å². The summed E-state index contributed by atoms with van der Waals surface area (Å²) in [5, 5.41) is 3.16. The minimum Gasteiger partial charge on any atom is -0.461 e. The van der Waals surface area contributed by atoms with Crippen molar-refractivity contribution in [3.63, 3.8) is 0 Å². The van der Waals surface area contributed by atoms with Crippen molar-refractivity contribution in [2.75, 3.05) is 13.1 Å². The highest BCUT2D eigenvalue weighted by Gasteiger charge is 2.29. The van der Waals surface area contributed by atoms with Gasteiger partial charge in [0.05, 0.1) is 5.92 Å². The molecule has 0 aliphatic carbocycles. The Balaban J connectivity index is 1.81. The number of ether oxygens (including phenoxy) is 1. The highest BCUT2D eigenvalue weighted by Crippen LogP contribution is 2.18. The normalized spacial score (nSPS) is 17.3. The van der Waals surface area contributed by atoms with Crippen molar-refractivity contribution < 1.29 is 9.53 Å². The predicted molar refractivity (Wildman–Crippen MR) is 69.5 cm³/mol. The first kappa shape index (κ1) is 12.6. The third-order valence-corrected chi connectivity index (χ3v) is 3.71.